The third-order valence-corrected chi connectivity index (χ3v) is 7.55. The number of hydrogen-bond donors (Lipinski definition) is 1. The van der Waals surface area contributed by atoms with Gasteiger partial charge < -0.3 is 14.7 Å². The van der Waals surface area contributed by atoms with Crippen LogP contribution >= 0.6 is 0 Å². The van der Waals surface area contributed by atoms with Crippen LogP contribution in [0.4, 0.5) is 5.69 Å². The quantitative estimate of drug-likeness (QED) is 0.730. The normalized spacial score (nSPS) is 25.0. The number of likely N-dealkylation sites (tertiary alicyclic amines) is 1. The summed E-state index contributed by atoms with van der Waals surface area (Å²) in [5.41, 5.74) is 5.97. The Morgan fingerprint density at radius 3 is 2.23 bits per heavy atom. The van der Waals surface area contributed by atoms with Crippen LogP contribution in [0.2, 0.25) is 0 Å². The number of rotatable bonds is 4. The van der Waals surface area contributed by atoms with Gasteiger partial charge >= 0.3 is 0 Å². The number of para-hydroxylation sites is 1. The van der Waals surface area contributed by atoms with Crippen molar-refractivity contribution in [3.05, 3.63) is 65.7 Å². The molecule has 8 heteroatoms. The highest BCUT2D eigenvalue weighted by atomic mass is 16.2. The standard InChI is InChI=1S/C27H33N5O3/c1-3-29-17-22(24-23(18-29)27(35)32(28-24)21-7-5-4-6-8-21)26(34)31-15-13-30(14-16-31)25(33)20-11-9-19(2)10-12-20/h4-12,22-24,28H,3,13-18H2,1-2H3. The van der Waals surface area contributed by atoms with E-state index in [1.807, 2.05) is 71.3 Å². The molecule has 0 saturated carbocycles. The van der Waals surface area contributed by atoms with Crippen LogP contribution in [-0.4, -0.2) is 84.3 Å². The van der Waals surface area contributed by atoms with E-state index in [-0.39, 0.29) is 35.6 Å². The monoisotopic (exact) mass is 475 g/mol. The number of fused-ring (bicyclic) bond motifs is 1. The molecule has 35 heavy (non-hydrogen) atoms. The van der Waals surface area contributed by atoms with E-state index < -0.39 is 0 Å². The van der Waals surface area contributed by atoms with Crippen molar-refractivity contribution in [3.8, 4) is 0 Å². The molecule has 3 saturated heterocycles. The Hall–Kier alpha value is -3.23. The van der Waals surface area contributed by atoms with Gasteiger partial charge in [-0.15, -0.1) is 0 Å². The number of carbonyl (C=O) groups excluding carboxylic acids is 3. The number of amides is 3. The van der Waals surface area contributed by atoms with Gasteiger partial charge in [-0.2, -0.15) is 0 Å². The first-order valence-corrected chi connectivity index (χ1v) is 12.5. The van der Waals surface area contributed by atoms with Crippen molar-refractivity contribution in [2.24, 2.45) is 11.8 Å². The van der Waals surface area contributed by atoms with E-state index in [4.69, 9.17) is 0 Å². The van der Waals surface area contributed by atoms with Crippen LogP contribution in [0, 0.1) is 18.8 Å². The lowest BCUT2D eigenvalue weighted by Gasteiger charge is -2.42. The zero-order chi connectivity index (χ0) is 24.5. The fraction of sp³-hybridized carbons (Fsp3) is 0.444. The predicted octanol–water partition coefficient (Wildman–Crippen LogP) is 1.77. The number of nitrogens with one attached hydrogen (secondary N) is 1. The number of anilines is 1. The zero-order valence-electron chi connectivity index (χ0n) is 20.4. The fourth-order valence-electron chi connectivity index (χ4n) is 5.44. The van der Waals surface area contributed by atoms with Crippen LogP contribution in [-0.2, 0) is 9.59 Å². The molecule has 3 fully saturated rings. The van der Waals surface area contributed by atoms with Crippen molar-refractivity contribution in [2.75, 3.05) is 50.8 Å². The average Bonchev–Trinajstić information content (AvgIpc) is 3.24. The van der Waals surface area contributed by atoms with Crippen molar-refractivity contribution >= 4 is 23.4 Å². The van der Waals surface area contributed by atoms with Crippen molar-refractivity contribution < 1.29 is 14.4 Å². The van der Waals surface area contributed by atoms with Gasteiger partial charge in [0.15, 0.2) is 0 Å². The fourth-order valence-corrected chi connectivity index (χ4v) is 5.44. The Morgan fingerprint density at radius 2 is 1.57 bits per heavy atom. The van der Waals surface area contributed by atoms with Crippen LogP contribution in [0.15, 0.2) is 54.6 Å². The minimum absolute atomic E-state index is 0.00791. The molecule has 0 aromatic heterocycles. The molecule has 0 spiro atoms. The minimum atomic E-state index is -0.314. The first kappa shape index (κ1) is 23.5. The molecule has 3 aliphatic rings. The maximum atomic E-state index is 13.7. The first-order valence-electron chi connectivity index (χ1n) is 12.5. The van der Waals surface area contributed by atoms with Gasteiger partial charge in [0.2, 0.25) is 11.8 Å². The summed E-state index contributed by atoms with van der Waals surface area (Å²) in [4.78, 5) is 45.8. The summed E-state index contributed by atoms with van der Waals surface area (Å²) in [6, 6.07) is 16.9. The molecule has 184 valence electrons. The van der Waals surface area contributed by atoms with E-state index in [9.17, 15) is 14.4 Å². The van der Waals surface area contributed by atoms with E-state index >= 15 is 0 Å². The van der Waals surface area contributed by atoms with Crippen LogP contribution < -0.4 is 10.4 Å². The summed E-state index contributed by atoms with van der Waals surface area (Å²) in [7, 11) is 0. The average molecular weight is 476 g/mol. The van der Waals surface area contributed by atoms with Crippen molar-refractivity contribution in [1.82, 2.24) is 20.1 Å². The number of hydrazine groups is 1. The van der Waals surface area contributed by atoms with Gasteiger partial charge in [0.1, 0.15) is 0 Å². The molecule has 3 aliphatic heterocycles. The zero-order valence-corrected chi connectivity index (χ0v) is 20.4. The molecular weight excluding hydrogens is 442 g/mol. The van der Waals surface area contributed by atoms with E-state index in [1.54, 1.807) is 5.01 Å². The van der Waals surface area contributed by atoms with Gasteiger partial charge in [-0.3, -0.25) is 14.4 Å². The van der Waals surface area contributed by atoms with Gasteiger partial charge in [0.05, 0.1) is 23.6 Å². The number of hydrogen-bond acceptors (Lipinski definition) is 5. The number of benzene rings is 2. The molecule has 8 nitrogen and oxygen atoms in total. The van der Waals surface area contributed by atoms with Crippen LogP contribution in [0.25, 0.3) is 0 Å². The van der Waals surface area contributed by atoms with Gasteiger partial charge in [-0.1, -0.05) is 42.8 Å². The molecule has 2 aromatic carbocycles. The molecule has 3 atom stereocenters. The van der Waals surface area contributed by atoms with Crippen molar-refractivity contribution in [3.63, 3.8) is 0 Å². The van der Waals surface area contributed by atoms with Crippen molar-refractivity contribution in [2.45, 2.75) is 19.9 Å². The highest BCUT2D eigenvalue weighted by Gasteiger charge is 2.51. The Kier molecular flexibility index (Phi) is 6.58. The van der Waals surface area contributed by atoms with E-state index in [1.165, 1.54) is 0 Å². The highest BCUT2D eigenvalue weighted by Crippen LogP contribution is 2.32. The summed E-state index contributed by atoms with van der Waals surface area (Å²) in [6.45, 7) is 8.18. The summed E-state index contributed by atoms with van der Waals surface area (Å²) in [5.74, 6) is -0.483. The van der Waals surface area contributed by atoms with Crippen LogP contribution in [0.1, 0.15) is 22.8 Å². The molecule has 3 unspecified atom stereocenters. The van der Waals surface area contributed by atoms with Crippen molar-refractivity contribution in [1.29, 1.82) is 0 Å². The first-order chi connectivity index (χ1) is 17.0. The second-order valence-corrected chi connectivity index (χ2v) is 9.71. The summed E-state index contributed by atoms with van der Waals surface area (Å²) < 4.78 is 0. The summed E-state index contributed by atoms with van der Waals surface area (Å²) in [6.07, 6.45) is 0. The van der Waals surface area contributed by atoms with Gasteiger partial charge in [0.25, 0.3) is 5.91 Å². The summed E-state index contributed by atoms with van der Waals surface area (Å²) >= 11 is 0. The maximum Gasteiger partial charge on any atom is 0.253 e. The third-order valence-electron chi connectivity index (χ3n) is 7.55. The van der Waals surface area contributed by atoms with E-state index in [2.05, 4.69) is 17.2 Å². The lowest BCUT2D eigenvalue weighted by Crippen LogP contribution is -2.60. The Morgan fingerprint density at radius 1 is 0.914 bits per heavy atom. The molecule has 5 rings (SSSR count). The molecule has 1 N–H and O–H groups in total. The molecule has 0 radical (unpaired) electrons. The van der Waals surface area contributed by atoms with Gasteiger partial charge in [0, 0.05) is 44.8 Å². The lowest BCUT2D eigenvalue weighted by atomic mass is 9.83. The second kappa shape index (κ2) is 9.79. The smallest absolute Gasteiger partial charge is 0.253 e. The van der Waals surface area contributed by atoms with Gasteiger partial charge in [-0.25, -0.2) is 10.4 Å². The Bertz CT molecular complexity index is 1080. The number of carbonyl (C=O) groups is 3. The SMILES string of the molecule is CCN1CC(C(=O)N2CCN(C(=O)c3ccc(C)cc3)CC2)C2NN(c3ccccc3)C(=O)C2C1. The Labute approximate surface area is 206 Å². The lowest BCUT2D eigenvalue weighted by molar-refractivity contribution is -0.141. The van der Waals surface area contributed by atoms with Crippen LogP contribution in [0.5, 0.6) is 0 Å². The molecule has 0 bridgehead atoms. The molecule has 0 aliphatic carbocycles. The van der Waals surface area contributed by atoms with Crippen LogP contribution in [0.3, 0.4) is 0 Å². The molecular formula is C27H33N5O3. The number of piperazine rings is 1. The molecule has 3 heterocycles. The largest absolute Gasteiger partial charge is 0.339 e. The topological polar surface area (TPSA) is 76.2 Å². The van der Waals surface area contributed by atoms with E-state index in [0.29, 0.717) is 44.8 Å². The highest BCUT2D eigenvalue weighted by molar-refractivity contribution is 5.98. The minimum Gasteiger partial charge on any atom is -0.339 e. The number of piperidine rings is 1. The Balaban J connectivity index is 1.27. The number of nitrogens with zero attached hydrogens (tertiary/aromatic N) is 4. The summed E-state index contributed by atoms with van der Waals surface area (Å²) in [5, 5.41) is 1.62. The second-order valence-electron chi connectivity index (χ2n) is 9.71. The number of aryl methyl sites for hydroxylation is 1. The third kappa shape index (κ3) is 4.56. The van der Waals surface area contributed by atoms with E-state index in [0.717, 1.165) is 17.8 Å². The van der Waals surface area contributed by atoms with Gasteiger partial charge in [-0.05, 0) is 37.7 Å². The maximum absolute atomic E-state index is 13.7. The molecule has 3 amide bonds. The molecule has 2 aromatic rings. The predicted molar refractivity (Wildman–Crippen MR) is 134 cm³/mol.